The molecule has 1 aliphatic rings. The predicted octanol–water partition coefficient (Wildman–Crippen LogP) is 7.02. The summed E-state index contributed by atoms with van der Waals surface area (Å²) in [5.41, 5.74) is 12.6. The summed E-state index contributed by atoms with van der Waals surface area (Å²) < 4.78 is 0. The first-order valence-corrected chi connectivity index (χ1v) is 9.65. The lowest BCUT2D eigenvalue weighted by atomic mass is 9.89. The van der Waals surface area contributed by atoms with Gasteiger partial charge in [0, 0.05) is 0 Å². The quantitative estimate of drug-likeness (QED) is 0.479. The molecule has 0 unspecified atom stereocenters. The zero-order chi connectivity index (χ0) is 18.1. The predicted molar refractivity (Wildman–Crippen MR) is 113 cm³/mol. The summed E-state index contributed by atoms with van der Waals surface area (Å²) in [7, 11) is 0. The first kappa shape index (κ1) is 16.8. The van der Waals surface area contributed by atoms with Crippen molar-refractivity contribution < 1.29 is 0 Å². The van der Waals surface area contributed by atoms with Gasteiger partial charge in [0.15, 0.2) is 0 Å². The molecule has 1 aliphatic carbocycles. The molecule has 0 atom stereocenters. The van der Waals surface area contributed by atoms with Crippen molar-refractivity contribution in [1.29, 1.82) is 0 Å². The summed E-state index contributed by atoms with van der Waals surface area (Å²) in [6.07, 6.45) is 5.76. The van der Waals surface area contributed by atoms with Gasteiger partial charge in [-0.1, -0.05) is 85.1 Å². The third kappa shape index (κ3) is 3.12. The van der Waals surface area contributed by atoms with Crippen molar-refractivity contribution in [3.63, 3.8) is 0 Å². The smallest absolute Gasteiger partial charge is 0.00134 e. The Kier molecular flexibility index (Phi) is 4.51. The largest absolute Gasteiger partial charge is 0.0651 e. The number of fused-ring (bicyclic) bond motifs is 1. The van der Waals surface area contributed by atoms with Crippen LogP contribution in [0.4, 0.5) is 0 Å². The van der Waals surface area contributed by atoms with Crippen LogP contribution in [0.1, 0.15) is 46.7 Å². The maximum Gasteiger partial charge on any atom is -0.00134 e. The molecule has 0 radical (unpaired) electrons. The van der Waals surface area contributed by atoms with Gasteiger partial charge in [0.25, 0.3) is 0 Å². The Balaban J connectivity index is 1.91. The maximum absolute atomic E-state index is 2.43. The van der Waals surface area contributed by atoms with Crippen LogP contribution in [0, 0.1) is 13.8 Å². The van der Waals surface area contributed by atoms with Crippen LogP contribution in [0.15, 0.2) is 60.7 Å². The molecule has 26 heavy (non-hydrogen) atoms. The van der Waals surface area contributed by atoms with Crippen molar-refractivity contribution >= 4 is 11.6 Å². The fourth-order valence-electron chi connectivity index (χ4n) is 4.23. The molecule has 0 fully saturated rings. The standard InChI is InChI=1S/C26H26/c1-4-8-21-11-12-22-16-23(20-9-6-5-7-10-20)17-25(22)26(21)24-14-18(2)13-19(3)15-24/h5-7,9-15,17H,4,8,16H2,1-3H3. The van der Waals surface area contributed by atoms with E-state index in [0.29, 0.717) is 0 Å². The minimum absolute atomic E-state index is 1.03. The SMILES string of the molecule is CCCc1ccc2c(c1-c1cc(C)cc(C)c1)C=C(c1ccccc1)C2. The lowest BCUT2D eigenvalue weighted by Crippen LogP contribution is -1.96. The van der Waals surface area contributed by atoms with E-state index < -0.39 is 0 Å². The molecule has 0 saturated carbocycles. The molecule has 0 aromatic heterocycles. The minimum atomic E-state index is 1.03. The summed E-state index contributed by atoms with van der Waals surface area (Å²) in [6.45, 7) is 6.67. The second kappa shape index (κ2) is 6.96. The Morgan fingerprint density at radius 2 is 1.54 bits per heavy atom. The first-order valence-electron chi connectivity index (χ1n) is 9.65. The van der Waals surface area contributed by atoms with E-state index in [0.717, 1.165) is 12.8 Å². The molecule has 0 saturated heterocycles. The average molecular weight is 338 g/mol. The second-order valence-corrected chi connectivity index (χ2v) is 7.51. The third-order valence-electron chi connectivity index (χ3n) is 5.30. The van der Waals surface area contributed by atoms with E-state index in [1.165, 1.54) is 56.5 Å². The van der Waals surface area contributed by atoms with Gasteiger partial charge in [-0.15, -0.1) is 0 Å². The molecule has 130 valence electrons. The van der Waals surface area contributed by atoms with Crippen LogP contribution in [0.3, 0.4) is 0 Å². The molecule has 0 spiro atoms. The van der Waals surface area contributed by atoms with Crippen LogP contribution in [-0.4, -0.2) is 0 Å². The van der Waals surface area contributed by atoms with Gasteiger partial charge in [0.1, 0.15) is 0 Å². The first-order chi connectivity index (χ1) is 12.7. The molecule has 0 bridgehead atoms. The van der Waals surface area contributed by atoms with Gasteiger partial charge < -0.3 is 0 Å². The van der Waals surface area contributed by atoms with Crippen LogP contribution in [-0.2, 0) is 12.8 Å². The molecule has 4 rings (SSSR count). The van der Waals surface area contributed by atoms with Crippen molar-refractivity contribution in [2.75, 3.05) is 0 Å². The van der Waals surface area contributed by atoms with Gasteiger partial charge in [0.05, 0.1) is 0 Å². The van der Waals surface area contributed by atoms with E-state index in [1.54, 1.807) is 0 Å². The number of allylic oxidation sites excluding steroid dienone is 1. The van der Waals surface area contributed by atoms with E-state index in [-0.39, 0.29) is 0 Å². The summed E-state index contributed by atoms with van der Waals surface area (Å²) in [5.74, 6) is 0. The third-order valence-corrected chi connectivity index (χ3v) is 5.30. The average Bonchev–Trinajstić information content (AvgIpc) is 3.06. The van der Waals surface area contributed by atoms with Crippen molar-refractivity contribution in [2.24, 2.45) is 0 Å². The highest BCUT2D eigenvalue weighted by molar-refractivity contribution is 5.95. The molecular formula is C26H26. The Morgan fingerprint density at radius 1 is 0.808 bits per heavy atom. The number of hydrogen-bond donors (Lipinski definition) is 0. The zero-order valence-corrected chi connectivity index (χ0v) is 16.0. The molecule has 3 aromatic carbocycles. The highest BCUT2D eigenvalue weighted by Crippen LogP contribution is 2.40. The summed E-state index contributed by atoms with van der Waals surface area (Å²) in [5, 5.41) is 0. The lowest BCUT2D eigenvalue weighted by molar-refractivity contribution is 0.922. The van der Waals surface area contributed by atoms with Gasteiger partial charge in [-0.25, -0.2) is 0 Å². The number of rotatable bonds is 4. The van der Waals surface area contributed by atoms with Crippen LogP contribution in [0.2, 0.25) is 0 Å². The van der Waals surface area contributed by atoms with Gasteiger partial charge in [-0.3, -0.25) is 0 Å². The Bertz CT molecular complexity index is 954. The molecule has 0 nitrogen and oxygen atoms in total. The molecule has 0 heterocycles. The maximum atomic E-state index is 2.43. The molecule has 0 heteroatoms. The van der Waals surface area contributed by atoms with Crippen molar-refractivity contribution in [2.45, 2.75) is 40.0 Å². The minimum Gasteiger partial charge on any atom is -0.0651 e. The van der Waals surface area contributed by atoms with Crippen molar-refractivity contribution in [1.82, 2.24) is 0 Å². The van der Waals surface area contributed by atoms with Gasteiger partial charge in [-0.2, -0.15) is 0 Å². The topological polar surface area (TPSA) is 0 Å². The number of benzene rings is 3. The van der Waals surface area contributed by atoms with Gasteiger partial charge >= 0.3 is 0 Å². The zero-order valence-electron chi connectivity index (χ0n) is 16.0. The van der Waals surface area contributed by atoms with Crippen LogP contribution in [0.5, 0.6) is 0 Å². The molecule has 0 aliphatic heterocycles. The van der Waals surface area contributed by atoms with Crippen LogP contribution < -0.4 is 0 Å². The highest BCUT2D eigenvalue weighted by atomic mass is 14.2. The second-order valence-electron chi connectivity index (χ2n) is 7.51. The Hall–Kier alpha value is -2.60. The van der Waals surface area contributed by atoms with E-state index in [1.807, 2.05) is 0 Å². The summed E-state index contributed by atoms with van der Waals surface area (Å²) >= 11 is 0. The van der Waals surface area contributed by atoms with Gasteiger partial charge in [0.2, 0.25) is 0 Å². The summed E-state index contributed by atoms with van der Waals surface area (Å²) in [4.78, 5) is 0. The van der Waals surface area contributed by atoms with Crippen LogP contribution >= 0.6 is 0 Å². The van der Waals surface area contributed by atoms with Crippen molar-refractivity contribution in [3.05, 3.63) is 94.0 Å². The van der Waals surface area contributed by atoms with E-state index >= 15 is 0 Å². The highest BCUT2D eigenvalue weighted by Gasteiger charge is 2.20. The summed E-state index contributed by atoms with van der Waals surface area (Å²) in [6, 6.07) is 22.5. The molecule has 3 aromatic rings. The molecular weight excluding hydrogens is 312 g/mol. The van der Waals surface area contributed by atoms with E-state index in [9.17, 15) is 0 Å². The van der Waals surface area contributed by atoms with E-state index in [2.05, 4.69) is 87.5 Å². The lowest BCUT2D eigenvalue weighted by Gasteiger charge is -2.15. The number of hydrogen-bond acceptors (Lipinski definition) is 0. The van der Waals surface area contributed by atoms with Gasteiger partial charge in [-0.05, 0) is 71.7 Å². The fourth-order valence-corrected chi connectivity index (χ4v) is 4.23. The fraction of sp³-hybridized carbons (Fsp3) is 0.231. The molecule has 0 amide bonds. The van der Waals surface area contributed by atoms with E-state index in [4.69, 9.17) is 0 Å². The Labute approximate surface area is 157 Å². The monoisotopic (exact) mass is 338 g/mol. The van der Waals surface area contributed by atoms with Crippen LogP contribution in [0.25, 0.3) is 22.8 Å². The number of aryl methyl sites for hydroxylation is 3. The normalized spacial score (nSPS) is 12.8. The molecule has 0 N–H and O–H groups in total. The van der Waals surface area contributed by atoms with Crippen molar-refractivity contribution in [3.8, 4) is 11.1 Å². The Morgan fingerprint density at radius 3 is 2.23 bits per heavy atom.